The number of nitro benzene ring substituents is 1. The molecule has 0 saturated heterocycles. The van der Waals surface area contributed by atoms with Crippen LogP contribution in [-0.4, -0.2) is 29.0 Å². The van der Waals surface area contributed by atoms with Crippen LogP contribution in [0, 0.1) is 10.1 Å². The Morgan fingerprint density at radius 2 is 1.39 bits per heavy atom. The molecular weight excluding hydrogens is 462 g/mol. The van der Waals surface area contributed by atoms with Gasteiger partial charge < -0.3 is 20.5 Å². The van der Waals surface area contributed by atoms with Gasteiger partial charge in [0.05, 0.1) is 24.1 Å². The Bertz CT molecular complexity index is 1210. The number of nitro groups is 1. The third-order valence-corrected chi connectivity index (χ3v) is 5.59. The number of carbonyl (C=O) groups is 2. The molecule has 186 valence electrons. The summed E-state index contributed by atoms with van der Waals surface area (Å²) in [5.41, 5.74) is 0.936. The minimum Gasteiger partial charge on any atom is -0.500 e. The summed E-state index contributed by atoms with van der Waals surface area (Å²) in [4.78, 5) is 37.2. The van der Waals surface area contributed by atoms with E-state index >= 15 is 0 Å². The Morgan fingerprint density at radius 1 is 0.917 bits per heavy atom. The summed E-state index contributed by atoms with van der Waals surface area (Å²) in [7, 11) is 1.25. The number of nitrogens with one attached hydrogen (secondary N) is 2. The molecule has 9 heteroatoms. The molecule has 0 radical (unpaired) electrons. The fourth-order valence-corrected chi connectivity index (χ4v) is 3.59. The zero-order chi connectivity index (χ0) is 26.2. The van der Waals surface area contributed by atoms with Gasteiger partial charge in [0.2, 0.25) is 5.75 Å². The van der Waals surface area contributed by atoms with Crippen LogP contribution in [0.2, 0.25) is 0 Å². The van der Waals surface area contributed by atoms with Crippen molar-refractivity contribution in [2.45, 2.75) is 25.9 Å². The molecule has 0 aliphatic carbocycles. The summed E-state index contributed by atoms with van der Waals surface area (Å²) in [6.07, 6.45) is 1.23. The van der Waals surface area contributed by atoms with Gasteiger partial charge in [0.15, 0.2) is 5.75 Å². The average molecular weight is 490 g/mol. The van der Waals surface area contributed by atoms with Crippen molar-refractivity contribution in [3.63, 3.8) is 0 Å². The van der Waals surface area contributed by atoms with Crippen molar-refractivity contribution in [3.05, 3.63) is 105 Å². The first kappa shape index (κ1) is 26.0. The largest absolute Gasteiger partial charge is 0.500 e. The highest BCUT2D eigenvalue weighted by atomic mass is 16.6. The molecule has 3 aromatic rings. The van der Waals surface area contributed by atoms with Gasteiger partial charge >= 0.3 is 5.69 Å². The number of benzene rings is 3. The number of rotatable bonds is 9. The first-order valence-electron chi connectivity index (χ1n) is 11.2. The molecule has 0 aliphatic heterocycles. The summed E-state index contributed by atoms with van der Waals surface area (Å²) >= 11 is 0. The molecule has 0 saturated carbocycles. The van der Waals surface area contributed by atoms with Gasteiger partial charge in [-0.15, -0.1) is 0 Å². The average Bonchev–Trinajstić information content (AvgIpc) is 2.88. The standard InChI is InChI=1S/C27H27N3O6/c1-17(20-10-6-4-7-11-20)28-26(32)22(27(33)29-18(2)21-12-8-5-9-13-21)14-19-15-23(30(34)35)25(31)24(16-19)36-3/h4-18,31H,1-3H3,(H,28,32)(H,29,33). The zero-order valence-electron chi connectivity index (χ0n) is 20.1. The molecule has 0 bridgehead atoms. The van der Waals surface area contributed by atoms with E-state index in [9.17, 15) is 24.8 Å². The molecule has 0 spiro atoms. The SMILES string of the molecule is COc1cc(C=C(C(=O)NC(C)c2ccccc2)C(=O)NC(C)c2ccccc2)cc([N+](=O)[O-])c1O. The Kier molecular flexibility index (Phi) is 8.40. The number of hydrogen-bond acceptors (Lipinski definition) is 6. The molecule has 0 heterocycles. The lowest BCUT2D eigenvalue weighted by Crippen LogP contribution is -2.36. The van der Waals surface area contributed by atoms with E-state index < -0.39 is 40.3 Å². The van der Waals surface area contributed by atoms with Crippen LogP contribution in [-0.2, 0) is 9.59 Å². The van der Waals surface area contributed by atoms with Gasteiger partial charge in [0.1, 0.15) is 5.57 Å². The fraction of sp³-hybridized carbons (Fsp3) is 0.185. The van der Waals surface area contributed by atoms with E-state index in [4.69, 9.17) is 4.74 Å². The predicted octanol–water partition coefficient (Wildman–Crippen LogP) is 4.45. The maximum Gasteiger partial charge on any atom is 0.315 e. The molecule has 36 heavy (non-hydrogen) atoms. The first-order valence-corrected chi connectivity index (χ1v) is 11.2. The molecule has 3 aromatic carbocycles. The lowest BCUT2D eigenvalue weighted by atomic mass is 10.0. The molecule has 0 aliphatic rings. The monoisotopic (exact) mass is 489 g/mol. The van der Waals surface area contributed by atoms with Gasteiger partial charge in [-0.1, -0.05) is 60.7 Å². The smallest absolute Gasteiger partial charge is 0.315 e. The Balaban J connectivity index is 1.99. The van der Waals surface area contributed by atoms with E-state index in [1.165, 1.54) is 19.3 Å². The summed E-state index contributed by atoms with van der Waals surface area (Å²) in [5.74, 6) is -2.14. The van der Waals surface area contributed by atoms with Crippen LogP contribution in [0.1, 0.15) is 42.6 Å². The van der Waals surface area contributed by atoms with Gasteiger partial charge in [-0.25, -0.2) is 0 Å². The van der Waals surface area contributed by atoms with Crippen LogP contribution in [0.25, 0.3) is 6.08 Å². The number of phenols is 1. The van der Waals surface area contributed by atoms with E-state index in [0.717, 1.165) is 17.2 Å². The van der Waals surface area contributed by atoms with Gasteiger partial charge in [-0.05, 0) is 42.7 Å². The van der Waals surface area contributed by atoms with Crippen molar-refractivity contribution < 1.29 is 24.4 Å². The summed E-state index contributed by atoms with van der Waals surface area (Å²) in [6, 6.07) is 20.0. The Labute approximate surface area is 208 Å². The zero-order valence-corrected chi connectivity index (χ0v) is 20.1. The number of phenolic OH excluding ortho intramolecular Hbond substituents is 1. The van der Waals surface area contributed by atoms with Crippen molar-refractivity contribution in [1.29, 1.82) is 0 Å². The lowest BCUT2D eigenvalue weighted by molar-refractivity contribution is -0.386. The molecule has 2 unspecified atom stereocenters. The van der Waals surface area contributed by atoms with Crippen molar-refractivity contribution in [3.8, 4) is 11.5 Å². The highest BCUT2D eigenvalue weighted by molar-refractivity contribution is 6.21. The summed E-state index contributed by atoms with van der Waals surface area (Å²) in [6.45, 7) is 3.56. The van der Waals surface area contributed by atoms with Gasteiger partial charge in [-0.2, -0.15) is 0 Å². The second-order valence-corrected chi connectivity index (χ2v) is 8.12. The highest BCUT2D eigenvalue weighted by Crippen LogP contribution is 2.37. The second kappa shape index (κ2) is 11.7. The number of aromatic hydroxyl groups is 1. The van der Waals surface area contributed by atoms with E-state index in [0.29, 0.717) is 0 Å². The quantitative estimate of drug-likeness (QED) is 0.134. The summed E-state index contributed by atoms with van der Waals surface area (Å²) in [5, 5.41) is 27.1. The predicted molar refractivity (Wildman–Crippen MR) is 135 cm³/mol. The van der Waals surface area contributed by atoms with E-state index in [1.54, 1.807) is 13.8 Å². The number of amides is 2. The second-order valence-electron chi connectivity index (χ2n) is 8.12. The lowest BCUT2D eigenvalue weighted by Gasteiger charge is -2.18. The molecule has 0 aromatic heterocycles. The Hall–Kier alpha value is -4.66. The third kappa shape index (κ3) is 6.26. The highest BCUT2D eigenvalue weighted by Gasteiger charge is 2.24. The summed E-state index contributed by atoms with van der Waals surface area (Å²) < 4.78 is 5.04. The third-order valence-electron chi connectivity index (χ3n) is 5.59. The van der Waals surface area contributed by atoms with Crippen LogP contribution >= 0.6 is 0 Å². The van der Waals surface area contributed by atoms with Crippen molar-refractivity contribution >= 4 is 23.6 Å². The maximum atomic E-state index is 13.3. The van der Waals surface area contributed by atoms with Gasteiger partial charge in [0.25, 0.3) is 11.8 Å². The van der Waals surface area contributed by atoms with Crippen LogP contribution in [0.4, 0.5) is 5.69 Å². The van der Waals surface area contributed by atoms with E-state index in [2.05, 4.69) is 10.6 Å². The van der Waals surface area contributed by atoms with Gasteiger partial charge in [-0.3, -0.25) is 19.7 Å². The molecule has 3 rings (SSSR count). The fourth-order valence-electron chi connectivity index (χ4n) is 3.59. The molecule has 2 amide bonds. The molecule has 0 fully saturated rings. The molecular formula is C27H27N3O6. The van der Waals surface area contributed by atoms with E-state index in [1.807, 2.05) is 60.7 Å². The normalized spacial score (nSPS) is 12.1. The molecule has 3 N–H and O–H groups in total. The Morgan fingerprint density at radius 3 is 1.81 bits per heavy atom. The molecule has 9 nitrogen and oxygen atoms in total. The number of carbonyl (C=O) groups excluding carboxylic acids is 2. The number of hydrogen-bond donors (Lipinski definition) is 3. The van der Waals surface area contributed by atoms with Crippen molar-refractivity contribution in [2.24, 2.45) is 0 Å². The number of ether oxygens (including phenoxy) is 1. The van der Waals surface area contributed by atoms with Crippen LogP contribution in [0.3, 0.4) is 0 Å². The minimum atomic E-state index is -0.774. The van der Waals surface area contributed by atoms with Crippen LogP contribution in [0.5, 0.6) is 11.5 Å². The van der Waals surface area contributed by atoms with Crippen LogP contribution < -0.4 is 15.4 Å². The topological polar surface area (TPSA) is 131 Å². The minimum absolute atomic E-state index is 0.136. The van der Waals surface area contributed by atoms with Gasteiger partial charge in [0, 0.05) is 6.07 Å². The first-order chi connectivity index (χ1) is 17.2. The van der Waals surface area contributed by atoms with Crippen LogP contribution in [0.15, 0.2) is 78.4 Å². The number of nitrogens with zero attached hydrogens (tertiary/aromatic N) is 1. The number of methoxy groups -OCH3 is 1. The van der Waals surface area contributed by atoms with Crippen molar-refractivity contribution in [2.75, 3.05) is 7.11 Å². The maximum absolute atomic E-state index is 13.3. The molecule has 2 atom stereocenters. The van der Waals surface area contributed by atoms with Crippen molar-refractivity contribution in [1.82, 2.24) is 10.6 Å². The van der Waals surface area contributed by atoms with E-state index in [-0.39, 0.29) is 16.9 Å².